The summed E-state index contributed by atoms with van der Waals surface area (Å²) in [6, 6.07) is 5.36. The Morgan fingerprint density at radius 2 is 2.13 bits per heavy atom. The first-order valence-electron chi connectivity index (χ1n) is 4.52. The molecule has 82 valence electrons. The lowest BCUT2D eigenvalue weighted by Crippen LogP contribution is -2.29. The van der Waals surface area contributed by atoms with E-state index in [1.54, 1.807) is 12.1 Å². The van der Waals surface area contributed by atoms with Crippen LogP contribution in [0.3, 0.4) is 0 Å². The molecule has 3 nitrogen and oxygen atoms in total. The molecule has 0 radical (unpaired) electrons. The molecule has 0 spiro atoms. The highest BCUT2D eigenvalue weighted by Crippen LogP contribution is 2.20. The Morgan fingerprint density at radius 3 is 2.73 bits per heavy atom. The molecule has 0 aliphatic rings. The Hall–Kier alpha value is -0.770. The van der Waals surface area contributed by atoms with Gasteiger partial charge in [-0.2, -0.15) is 0 Å². The first kappa shape index (κ1) is 12.3. The van der Waals surface area contributed by atoms with Gasteiger partial charge in [0.1, 0.15) is 0 Å². The van der Waals surface area contributed by atoms with Crippen molar-refractivity contribution >= 4 is 29.1 Å². The summed E-state index contributed by atoms with van der Waals surface area (Å²) in [5.41, 5.74) is 5.97. The molecule has 0 saturated carbocycles. The lowest BCUT2D eigenvalue weighted by atomic mass is 10.1. The fourth-order valence-corrected chi connectivity index (χ4v) is 1.66. The summed E-state index contributed by atoms with van der Waals surface area (Å²) < 4.78 is 0. The molecular formula is C10H12Cl2N2O. The monoisotopic (exact) mass is 246 g/mol. The van der Waals surface area contributed by atoms with E-state index in [0.717, 1.165) is 12.0 Å². The van der Waals surface area contributed by atoms with Gasteiger partial charge in [-0.3, -0.25) is 4.79 Å². The van der Waals surface area contributed by atoms with Crippen molar-refractivity contribution in [1.29, 1.82) is 0 Å². The van der Waals surface area contributed by atoms with E-state index in [1.807, 2.05) is 6.07 Å². The van der Waals surface area contributed by atoms with E-state index >= 15 is 0 Å². The maximum atomic E-state index is 10.4. The Morgan fingerprint density at radius 1 is 1.40 bits per heavy atom. The minimum atomic E-state index is -0.364. The lowest BCUT2D eigenvalue weighted by Gasteiger charge is -2.05. The Bertz CT molecular complexity index is 355. The minimum Gasteiger partial charge on any atom is -0.369 e. The van der Waals surface area contributed by atoms with Gasteiger partial charge < -0.3 is 11.1 Å². The van der Waals surface area contributed by atoms with Crippen LogP contribution in [-0.4, -0.2) is 19.0 Å². The number of primary amides is 1. The van der Waals surface area contributed by atoms with E-state index in [-0.39, 0.29) is 12.5 Å². The van der Waals surface area contributed by atoms with Crippen LogP contribution in [0.5, 0.6) is 0 Å². The van der Waals surface area contributed by atoms with Crippen molar-refractivity contribution in [3.05, 3.63) is 33.8 Å². The molecule has 0 fully saturated rings. The number of hydrogen-bond acceptors (Lipinski definition) is 2. The molecule has 15 heavy (non-hydrogen) atoms. The van der Waals surface area contributed by atoms with E-state index in [1.165, 1.54) is 0 Å². The first-order valence-corrected chi connectivity index (χ1v) is 5.28. The maximum absolute atomic E-state index is 10.4. The summed E-state index contributed by atoms with van der Waals surface area (Å²) >= 11 is 11.7. The molecule has 1 amide bonds. The topological polar surface area (TPSA) is 55.1 Å². The molecule has 0 aromatic heterocycles. The van der Waals surface area contributed by atoms with Crippen molar-refractivity contribution < 1.29 is 4.79 Å². The molecule has 0 saturated heterocycles. The Labute approximate surface area is 98.5 Å². The van der Waals surface area contributed by atoms with E-state index in [2.05, 4.69) is 5.32 Å². The molecule has 0 bridgehead atoms. The third kappa shape index (κ3) is 4.51. The molecule has 3 N–H and O–H groups in total. The smallest absolute Gasteiger partial charge is 0.231 e. The number of hydrogen-bond donors (Lipinski definition) is 2. The normalized spacial score (nSPS) is 10.3. The first-order chi connectivity index (χ1) is 7.09. The molecule has 0 aliphatic heterocycles. The van der Waals surface area contributed by atoms with Crippen molar-refractivity contribution in [2.45, 2.75) is 6.42 Å². The van der Waals surface area contributed by atoms with Crippen LogP contribution in [0.25, 0.3) is 0 Å². The Balaban J connectivity index is 2.40. The molecule has 0 atom stereocenters. The zero-order valence-electron chi connectivity index (χ0n) is 8.09. The summed E-state index contributed by atoms with van der Waals surface area (Å²) in [4.78, 5) is 10.4. The van der Waals surface area contributed by atoms with Crippen molar-refractivity contribution in [2.75, 3.05) is 13.1 Å². The van der Waals surface area contributed by atoms with Crippen LogP contribution in [-0.2, 0) is 11.2 Å². The summed E-state index contributed by atoms with van der Waals surface area (Å²) in [6.07, 6.45) is 0.739. The van der Waals surface area contributed by atoms with Gasteiger partial charge in [-0.15, -0.1) is 0 Å². The van der Waals surface area contributed by atoms with Crippen LogP contribution in [0.2, 0.25) is 10.0 Å². The number of halogens is 2. The van der Waals surface area contributed by atoms with Crippen molar-refractivity contribution in [3.8, 4) is 0 Å². The number of carbonyl (C=O) groups excluding carboxylic acids is 1. The third-order valence-electron chi connectivity index (χ3n) is 1.89. The van der Waals surface area contributed by atoms with Gasteiger partial charge in [0.05, 0.1) is 6.54 Å². The maximum Gasteiger partial charge on any atom is 0.231 e. The largest absolute Gasteiger partial charge is 0.369 e. The SMILES string of the molecule is NC(=O)CNCCc1ccc(Cl)cc1Cl. The van der Waals surface area contributed by atoms with Crippen LogP contribution in [0.15, 0.2) is 18.2 Å². The lowest BCUT2D eigenvalue weighted by molar-refractivity contribution is -0.117. The molecule has 5 heteroatoms. The van der Waals surface area contributed by atoms with E-state index in [0.29, 0.717) is 16.6 Å². The molecule has 0 unspecified atom stereocenters. The summed E-state index contributed by atoms with van der Waals surface area (Å²) in [6.45, 7) is 0.843. The standard InChI is InChI=1S/C10H12Cl2N2O/c11-8-2-1-7(9(12)5-8)3-4-14-6-10(13)15/h1-2,5,14H,3-4,6H2,(H2,13,15). The number of nitrogens with two attached hydrogens (primary N) is 1. The van der Waals surface area contributed by atoms with Crippen LogP contribution >= 0.6 is 23.2 Å². The molecule has 1 aromatic rings. The highest BCUT2D eigenvalue weighted by atomic mass is 35.5. The van der Waals surface area contributed by atoms with Crippen LogP contribution in [0.1, 0.15) is 5.56 Å². The fraction of sp³-hybridized carbons (Fsp3) is 0.300. The Kier molecular flexibility index (Phi) is 4.88. The van der Waals surface area contributed by atoms with Gasteiger partial charge in [0.2, 0.25) is 5.91 Å². The van der Waals surface area contributed by atoms with E-state index in [9.17, 15) is 4.79 Å². The molecule has 0 heterocycles. The average Bonchev–Trinajstić information content (AvgIpc) is 2.14. The van der Waals surface area contributed by atoms with Crippen LogP contribution < -0.4 is 11.1 Å². The summed E-state index contributed by atoms with van der Waals surface area (Å²) in [5.74, 6) is -0.364. The fourth-order valence-electron chi connectivity index (χ4n) is 1.16. The zero-order chi connectivity index (χ0) is 11.3. The van der Waals surface area contributed by atoms with Gasteiger partial charge in [0.15, 0.2) is 0 Å². The average molecular weight is 247 g/mol. The molecule has 0 aliphatic carbocycles. The predicted octanol–water partition coefficient (Wildman–Crippen LogP) is 1.61. The highest BCUT2D eigenvalue weighted by Gasteiger charge is 2.01. The van der Waals surface area contributed by atoms with Gasteiger partial charge >= 0.3 is 0 Å². The molecule has 1 rings (SSSR count). The van der Waals surface area contributed by atoms with Crippen molar-refractivity contribution in [1.82, 2.24) is 5.32 Å². The van der Waals surface area contributed by atoms with E-state index < -0.39 is 0 Å². The van der Waals surface area contributed by atoms with Gasteiger partial charge in [0.25, 0.3) is 0 Å². The van der Waals surface area contributed by atoms with Gasteiger partial charge in [-0.1, -0.05) is 29.3 Å². The number of nitrogens with one attached hydrogen (secondary N) is 1. The molecule has 1 aromatic carbocycles. The van der Waals surface area contributed by atoms with Crippen molar-refractivity contribution in [2.24, 2.45) is 5.73 Å². The van der Waals surface area contributed by atoms with Gasteiger partial charge in [0, 0.05) is 10.0 Å². The van der Waals surface area contributed by atoms with Crippen LogP contribution in [0.4, 0.5) is 0 Å². The van der Waals surface area contributed by atoms with Gasteiger partial charge in [-0.25, -0.2) is 0 Å². The van der Waals surface area contributed by atoms with E-state index in [4.69, 9.17) is 28.9 Å². The number of rotatable bonds is 5. The third-order valence-corrected chi connectivity index (χ3v) is 2.47. The number of amides is 1. The second-order valence-corrected chi connectivity index (χ2v) is 3.97. The second-order valence-electron chi connectivity index (χ2n) is 3.13. The molecular weight excluding hydrogens is 235 g/mol. The quantitative estimate of drug-likeness (QED) is 0.776. The number of benzene rings is 1. The van der Waals surface area contributed by atoms with Crippen LogP contribution in [0, 0.1) is 0 Å². The minimum absolute atomic E-state index is 0.186. The predicted molar refractivity (Wildman–Crippen MR) is 62.2 cm³/mol. The summed E-state index contributed by atoms with van der Waals surface area (Å²) in [7, 11) is 0. The zero-order valence-corrected chi connectivity index (χ0v) is 9.61. The summed E-state index contributed by atoms with van der Waals surface area (Å²) in [5, 5.41) is 4.17. The highest BCUT2D eigenvalue weighted by molar-refractivity contribution is 6.35. The van der Waals surface area contributed by atoms with Crippen molar-refractivity contribution in [3.63, 3.8) is 0 Å². The second kappa shape index (κ2) is 5.95. The number of carbonyl (C=O) groups is 1. The van der Waals surface area contributed by atoms with Gasteiger partial charge in [-0.05, 0) is 30.7 Å².